The number of anilines is 1. The Morgan fingerprint density at radius 2 is 2.28 bits per heavy atom. The van der Waals surface area contributed by atoms with E-state index in [1.165, 1.54) is 4.88 Å². The average Bonchev–Trinajstić information content (AvgIpc) is 2.91. The molecule has 0 aliphatic rings. The molecule has 0 fully saturated rings. The standard InChI is InChI=1S/C14H15N3S/c1-14(2,13-4-3-7-18-13)10-17-11-5-6-16-12(8-11)9-15/h3-8H,10H2,1-2H3,(H,16,17). The summed E-state index contributed by atoms with van der Waals surface area (Å²) in [6, 6.07) is 9.92. The first-order valence-electron chi connectivity index (χ1n) is 5.76. The van der Waals surface area contributed by atoms with Crippen LogP contribution in [0.15, 0.2) is 35.8 Å². The van der Waals surface area contributed by atoms with Gasteiger partial charge in [-0.25, -0.2) is 4.98 Å². The molecule has 0 aliphatic heterocycles. The quantitative estimate of drug-likeness (QED) is 0.913. The number of nitriles is 1. The average molecular weight is 257 g/mol. The second kappa shape index (κ2) is 5.19. The molecule has 92 valence electrons. The van der Waals surface area contributed by atoms with Crippen LogP contribution in [0.4, 0.5) is 5.69 Å². The van der Waals surface area contributed by atoms with E-state index in [1.807, 2.05) is 12.1 Å². The molecule has 0 spiro atoms. The van der Waals surface area contributed by atoms with E-state index in [0.717, 1.165) is 12.2 Å². The molecule has 4 heteroatoms. The summed E-state index contributed by atoms with van der Waals surface area (Å²) >= 11 is 1.77. The Balaban J connectivity index is 2.05. The molecule has 0 amide bonds. The fourth-order valence-electron chi connectivity index (χ4n) is 1.68. The van der Waals surface area contributed by atoms with Gasteiger partial charge in [-0.3, -0.25) is 0 Å². The maximum absolute atomic E-state index is 8.80. The summed E-state index contributed by atoms with van der Waals surface area (Å²) in [6.07, 6.45) is 1.65. The van der Waals surface area contributed by atoms with Crippen LogP contribution in [0.25, 0.3) is 0 Å². The molecule has 2 aromatic heterocycles. The minimum atomic E-state index is 0.0737. The molecule has 0 saturated heterocycles. The van der Waals surface area contributed by atoms with Crippen LogP contribution in [0.1, 0.15) is 24.4 Å². The van der Waals surface area contributed by atoms with Crippen molar-refractivity contribution in [1.29, 1.82) is 5.26 Å². The number of hydrogen-bond acceptors (Lipinski definition) is 4. The molecule has 18 heavy (non-hydrogen) atoms. The predicted octanol–water partition coefficient (Wildman–Crippen LogP) is 3.40. The zero-order chi connectivity index (χ0) is 13.0. The van der Waals surface area contributed by atoms with Crippen LogP contribution >= 0.6 is 11.3 Å². The lowest BCUT2D eigenvalue weighted by molar-refractivity contribution is 0.569. The van der Waals surface area contributed by atoms with Gasteiger partial charge in [0, 0.05) is 28.7 Å². The number of nitrogens with one attached hydrogen (secondary N) is 1. The molecule has 0 aliphatic carbocycles. The number of nitrogens with zero attached hydrogens (tertiary/aromatic N) is 2. The van der Waals surface area contributed by atoms with Gasteiger partial charge in [0.05, 0.1) is 0 Å². The van der Waals surface area contributed by atoms with E-state index < -0.39 is 0 Å². The molecular weight excluding hydrogens is 242 g/mol. The van der Waals surface area contributed by atoms with E-state index in [2.05, 4.69) is 41.7 Å². The number of aromatic nitrogens is 1. The highest BCUT2D eigenvalue weighted by atomic mass is 32.1. The highest BCUT2D eigenvalue weighted by Crippen LogP contribution is 2.27. The number of hydrogen-bond donors (Lipinski definition) is 1. The molecule has 2 rings (SSSR count). The topological polar surface area (TPSA) is 48.7 Å². The van der Waals surface area contributed by atoms with E-state index in [0.29, 0.717) is 5.69 Å². The van der Waals surface area contributed by atoms with Crippen LogP contribution in [0.5, 0.6) is 0 Å². The number of rotatable bonds is 4. The van der Waals surface area contributed by atoms with Crippen LogP contribution < -0.4 is 5.32 Å². The lowest BCUT2D eigenvalue weighted by Crippen LogP contribution is -2.26. The first-order valence-corrected chi connectivity index (χ1v) is 6.64. The molecule has 1 N–H and O–H groups in total. The molecule has 2 aromatic rings. The molecule has 0 bridgehead atoms. The van der Waals surface area contributed by atoms with Gasteiger partial charge in [0.15, 0.2) is 0 Å². The van der Waals surface area contributed by atoms with Gasteiger partial charge in [0.1, 0.15) is 11.8 Å². The monoisotopic (exact) mass is 257 g/mol. The van der Waals surface area contributed by atoms with E-state index in [4.69, 9.17) is 5.26 Å². The van der Waals surface area contributed by atoms with Gasteiger partial charge < -0.3 is 5.32 Å². The summed E-state index contributed by atoms with van der Waals surface area (Å²) in [5, 5.41) is 14.3. The van der Waals surface area contributed by atoms with Crippen LogP contribution in [-0.4, -0.2) is 11.5 Å². The second-order valence-electron chi connectivity index (χ2n) is 4.76. The molecule has 0 aromatic carbocycles. The van der Waals surface area contributed by atoms with E-state index in [1.54, 1.807) is 23.6 Å². The molecule has 2 heterocycles. The predicted molar refractivity (Wildman–Crippen MR) is 74.8 cm³/mol. The van der Waals surface area contributed by atoms with E-state index >= 15 is 0 Å². The number of thiophene rings is 1. The normalized spacial score (nSPS) is 10.9. The maximum Gasteiger partial charge on any atom is 0.142 e. The Morgan fingerprint density at radius 1 is 1.44 bits per heavy atom. The fourth-order valence-corrected chi connectivity index (χ4v) is 2.53. The SMILES string of the molecule is CC(C)(CNc1ccnc(C#N)c1)c1cccs1. The highest BCUT2D eigenvalue weighted by Gasteiger charge is 2.21. The first-order chi connectivity index (χ1) is 8.62. The van der Waals surface area contributed by atoms with Crippen molar-refractivity contribution in [3.8, 4) is 6.07 Å². The van der Waals surface area contributed by atoms with Gasteiger partial charge in [0.25, 0.3) is 0 Å². The third-order valence-electron chi connectivity index (χ3n) is 2.80. The second-order valence-corrected chi connectivity index (χ2v) is 5.70. The summed E-state index contributed by atoms with van der Waals surface area (Å²) in [7, 11) is 0. The maximum atomic E-state index is 8.80. The van der Waals surface area contributed by atoms with Crippen molar-refractivity contribution < 1.29 is 0 Å². The minimum absolute atomic E-state index is 0.0737. The molecule has 0 atom stereocenters. The van der Waals surface area contributed by atoms with Gasteiger partial charge in [-0.15, -0.1) is 11.3 Å². The summed E-state index contributed by atoms with van der Waals surface area (Å²) < 4.78 is 0. The Morgan fingerprint density at radius 3 is 2.94 bits per heavy atom. The largest absolute Gasteiger partial charge is 0.384 e. The van der Waals surface area contributed by atoms with Gasteiger partial charge in [-0.05, 0) is 23.6 Å². The Bertz CT molecular complexity index is 553. The van der Waals surface area contributed by atoms with Crippen molar-refractivity contribution >= 4 is 17.0 Å². The molecule has 3 nitrogen and oxygen atoms in total. The molecule has 0 unspecified atom stereocenters. The third kappa shape index (κ3) is 2.88. The lowest BCUT2D eigenvalue weighted by Gasteiger charge is -2.24. The minimum Gasteiger partial charge on any atom is -0.384 e. The van der Waals surface area contributed by atoms with Gasteiger partial charge in [-0.1, -0.05) is 19.9 Å². The van der Waals surface area contributed by atoms with Gasteiger partial charge in [-0.2, -0.15) is 5.26 Å². The van der Waals surface area contributed by atoms with Gasteiger partial charge >= 0.3 is 0 Å². The van der Waals surface area contributed by atoms with Crippen LogP contribution in [0.2, 0.25) is 0 Å². The summed E-state index contributed by atoms with van der Waals surface area (Å²) in [6.45, 7) is 5.23. The van der Waals surface area contributed by atoms with Crippen LogP contribution in [-0.2, 0) is 5.41 Å². The smallest absolute Gasteiger partial charge is 0.142 e. The van der Waals surface area contributed by atoms with Crippen molar-refractivity contribution in [3.63, 3.8) is 0 Å². The summed E-state index contributed by atoms with van der Waals surface area (Å²) in [5.74, 6) is 0. The lowest BCUT2D eigenvalue weighted by atomic mass is 9.91. The Labute approximate surface area is 111 Å². The first kappa shape index (κ1) is 12.6. The summed E-state index contributed by atoms with van der Waals surface area (Å²) in [4.78, 5) is 5.30. The zero-order valence-electron chi connectivity index (χ0n) is 10.5. The van der Waals surface area contributed by atoms with Crippen molar-refractivity contribution in [1.82, 2.24) is 4.98 Å². The Kier molecular flexibility index (Phi) is 3.63. The van der Waals surface area contributed by atoms with Crippen LogP contribution in [0, 0.1) is 11.3 Å². The van der Waals surface area contributed by atoms with Crippen molar-refractivity contribution in [2.45, 2.75) is 19.3 Å². The van der Waals surface area contributed by atoms with Crippen LogP contribution in [0.3, 0.4) is 0 Å². The molecule has 0 radical (unpaired) electrons. The summed E-state index contributed by atoms with van der Waals surface area (Å²) in [5.41, 5.74) is 1.45. The van der Waals surface area contributed by atoms with E-state index in [9.17, 15) is 0 Å². The number of pyridine rings is 1. The molecule has 0 saturated carbocycles. The fraction of sp³-hybridized carbons (Fsp3) is 0.286. The van der Waals surface area contributed by atoms with Gasteiger partial charge in [0.2, 0.25) is 0 Å². The highest BCUT2D eigenvalue weighted by molar-refractivity contribution is 7.10. The van der Waals surface area contributed by atoms with Crippen molar-refractivity contribution in [2.75, 3.05) is 11.9 Å². The molecular formula is C14H15N3S. The van der Waals surface area contributed by atoms with E-state index in [-0.39, 0.29) is 5.41 Å². The van der Waals surface area contributed by atoms with Crippen molar-refractivity contribution in [2.24, 2.45) is 0 Å². The third-order valence-corrected chi connectivity index (χ3v) is 4.03. The Hall–Kier alpha value is -1.86. The zero-order valence-corrected chi connectivity index (χ0v) is 11.3. The van der Waals surface area contributed by atoms with Crippen molar-refractivity contribution in [3.05, 3.63) is 46.4 Å².